The maximum Gasteiger partial charge on any atom is 0.413 e. The maximum atomic E-state index is 14.7. The third kappa shape index (κ3) is 3.49. The number of alkyl halides is 2. The molecule has 1 aromatic carbocycles. The average molecular weight is 401 g/mol. The highest BCUT2D eigenvalue weighted by molar-refractivity contribution is 8.13. The highest BCUT2D eigenvalue weighted by Gasteiger charge is 2.60. The molecule has 5 nitrogen and oxygen atoms in total. The number of fused-ring (bicyclic) bond motifs is 1. The van der Waals surface area contributed by atoms with E-state index in [0.29, 0.717) is 0 Å². The number of hydrogen-bond acceptors (Lipinski definition) is 4. The van der Waals surface area contributed by atoms with Gasteiger partial charge in [-0.3, -0.25) is 4.90 Å². The highest BCUT2D eigenvalue weighted by Crippen LogP contribution is 2.57. The van der Waals surface area contributed by atoms with E-state index >= 15 is 0 Å². The summed E-state index contributed by atoms with van der Waals surface area (Å²) in [5, 5.41) is 9.75. The number of hydrogen-bond donors (Lipinski definition) is 2. The fourth-order valence-electron chi connectivity index (χ4n) is 3.87. The first kappa shape index (κ1) is 19.9. The third-order valence-electron chi connectivity index (χ3n) is 4.97. The molecule has 1 fully saturated rings. The Hall–Kier alpha value is -1.90. The number of amides is 1. The zero-order valence-corrected chi connectivity index (χ0v) is 16.1. The molecule has 1 aromatic rings. The van der Waals surface area contributed by atoms with E-state index in [0.717, 1.165) is 22.7 Å². The molecule has 0 radical (unpaired) electrons. The van der Waals surface area contributed by atoms with Crippen molar-refractivity contribution in [3.63, 3.8) is 0 Å². The molecule has 9 heteroatoms. The lowest BCUT2D eigenvalue weighted by molar-refractivity contribution is 0.00147. The van der Waals surface area contributed by atoms with Crippen LogP contribution in [-0.2, 0) is 5.54 Å². The predicted octanol–water partition coefficient (Wildman–Crippen LogP) is 4.53. The Morgan fingerprint density at radius 3 is 2.67 bits per heavy atom. The summed E-state index contributed by atoms with van der Waals surface area (Å²) in [6.45, 7) is 5.06. The maximum absolute atomic E-state index is 14.7. The summed E-state index contributed by atoms with van der Waals surface area (Å²) in [5.74, 6) is -4.08. The van der Waals surface area contributed by atoms with Gasteiger partial charge in [-0.05, 0) is 39.0 Å². The molecule has 2 unspecified atom stereocenters. The van der Waals surface area contributed by atoms with Gasteiger partial charge in [0, 0.05) is 41.3 Å². The van der Waals surface area contributed by atoms with Crippen LogP contribution >= 0.6 is 11.8 Å². The summed E-state index contributed by atoms with van der Waals surface area (Å²) < 4.78 is 43.4. The summed E-state index contributed by atoms with van der Waals surface area (Å²) in [6, 6.07) is 3.84. The van der Waals surface area contributed by atoms with Gasteiger partial charge in [0.1, 0.15) is 11.4 Å². The molecular weight excluding hydrogens is 379 g/mol. The highest BCUT2D eigenvalue weighted by atomic mass is 32.2. The summed E-state index contributed by atoms with van der Waals surface area (Å²) in [5.41, 5.74) is 3.66. The Morgan fingerprint density at radius 2 is 2.07 bits per heavy atom. The van der Waals surface area contributed by atoms with Crippen molar-refractivity contribution < 1.29 is 23.1 Å². The Labute approximate surface area is 159 Å². The molecule has 1 amide bonds. The van der Waals surface area contributed by atoms with Gasteiger partial charge in [0.15, 0.2) is 5.17 Å². The molecule has 2 atom stereocenters. The number of aliphatic imine (C=N–C) groups is 1. The first-order chi connectivity index (χ1) is 12.4. The minimum absolute atomic E-state index is 0.00160. The van der Waals surface area contributed by atoms with Crippen LogP contribution in [0.15, 0.2) is 23.2 Å². The van der Waals surface area contributed by atoms with Gasteiger partial charge < -0.3 is 10.8 Å². The van der Waals surface area contributed by atoms with Gasteiger partial charge in [-0.25, -0.2) is 23.0 Å². The molecule has 27 heavy (non-hydrogen) atoms. The zero-order valence-electron chi connectivity index (χ0n) is 15.3. The van der Waals surface area contributed by atoms with Crippen molar-refractivity contribution in [1.82, 2.24) is 4.90 Å². The summed E-state index contributed by atoms with van der Waals surface area (Å²) in [7, 11) is 0. The van der Waals surface area contributed by atoms with Crippen molar-refractivity contribution in [3.8, 4) is 0 Å². The van der Waals surface area contributed by atoms with Gasteiger partial charge in [-0.1, -0.05) is 11.8 Å². The van der Waals surface area contributed by atoms with Gasteiger partial charge in [0.25, 0.3) is 5.92 Å². The molecule has 148 valence electrons. The number of rotatable bonds is 1. The second-order valence-electron chi connectivity index (χ2n) is 8.09. The van der Waals surface area contributed by atoms with Crippen LogP contribution in [0, 0.1) is 11.7 Å². The molecule has 3 N–H and O–H groups in total. The number of nitrogen functional groups attached to an aromatic ring is 1. The van der Waals surface area contributed by atoms with Crippen LogP contribution in [0.3, 0.4) is 0 Å². The van der Waals surface area contributed by atoms with Crippen molar-refractivity contribution in [2.75, 3.05) is 11.5 Å². The fourth-order valence-corrected chi connectivity index (χ4v) is 5.32. The van der Waals surface area contributed by atoms with E-state index in [9.17, 15) is 23.1 Å². The van der Waals surface area contributed by atoms with Crippen molar-refractivity contribution in [2.24, 2.45) is 10.9 Å². The van der Waals surface area contributed by atoms with Crippen molar-refractivity contribution in [1.29, 1.82) is 0 Å². The molecule has 1 saturated carbocycles. The number of amidine groups is 1. The van der Waals surface area contributed by atoms with Crippen LogP contribution in [0.4, 0.5) is 23.7 Å². The number of carboxylic acid groups (broad SMARTS) is 1. The molecular formula is C18H22F3N3O2S. The number of halogens is 3. The first-order valence-electron chi connectivity index (χ1n) is 8.55. The zero-order chi connectivity index (χ0) is 20.2. The van der Waals surface area contributed by atoms with Gasteiger partial charge in [-0.15, -0.1) is 0 Å². The van der Waals surface area contributed by atoms with E-state index in [1.807, 2.05) is 0 Å². The number of carbonyl (C=O) groups is 1. The SMILES string of the molecule is CC(C)(C)N(C(=O)O)C1=NC2(c3cc(N)ccc3F)CC(F)(F)CC2CS1. The summed E-state index contributed by atoms with van der Waals surface area (Å²) >= 11 is 1.12. The molecule has 1 heterocycles. The van der Waals surface area contributed by atoms with Crippen molar-refractivity contribution >= 4 is 28.7 Å². The normalized spacial score (nSPS) is 27.0. The van der Waals surface area contributed by atoms with Crippen molar-refractivity contribution in [3.05, 3.63) is 29.6 Å². The predicted molar refractivity (Wildman–Crippen MR) is 99.7 cm³/mol. The number of nitrogens with two attached hydrogens (primary N) is 1. The Balaban J connectivity index is 2.21. The number of nitrogens with zero attached hydrogens (tertiary/aromatic N) is 2. The molecule has 1 aliphatic carbocycles. The van der Waals surface area contributed by atoms with E-state index in [4.69, 9.17) is 5.73 Å². The second kappa shape index (κ2) is 6.32. The molecule has 0 spiro atoms. The minimum atomic E-state index is -3.02. The Kier molecular flexibility index (Phi) is 4.65. The lowest BCUT2D eigenvalue weighted by Crippen LogP contribution is -2.50. The van der Waals surface area contributed by atoms with E-state index in [2.05, 4.69) is 4.99 Å². The van der Waals surface area contributed by atoms with Crippen LogP contribution in [0.1, 0.15) is 39.2 Å². The minimum Gasteiger partial charge on any atom is -0.465 e. The Bertz CT molecular complexity index is 810. The summed E-state index contributed by atoms with van der Waals surface area (Å²) in [4.78, 5) is 17.3. The van der Waals surface area contributed by atoms with Crippen LogP contribution in [0.2, 0.25) is 0 Å². The standard InChI is InChI=1S/C18H22F3N3O2S/c1-16(2,3)24(15(25)26)14-23-18(12-6-11(22)4-5-13(12)19)9-17(20,21)7-10(18)8-27-14/h4-6,10H,7-9,22H2,1-3H3,(H,25,26). The molecule has 1 aliphatic heterocycles. The lowest BCUT2D eigenvalue weighted by atomic mass is 9.81. The number of benzene rings is 1. The summed E-state index contributed by atoms with van der Waals surface area (Å²) in [6.07, 6.45) is -2.33. The van der Waals surface area contributed by atoms with Crippen LogP contribution < -0.4 is 5.73 Å². The van der Waals surface area contributed by atoms with Gasteiger partial charge in [-0.2, -0.15) is 0 Å². The second-order valence-corrected chi connectivity index (χ2v) is 9.08. The monoisotopic (exact) mass is 401 g/mol. The van der Waals surface area contributed by atoms with Crippen LogP contribution in [0.5, 0.6) is 0 Å². The van der Waals surface area contributed by atoms with Crippen LogP contribution in [0.25, 0.3) is 0 Å². The van der Waals surface area contributed by atoms with E-state index in [1.165, 1.54) is 12.1 Å². The topological polar surface area (TPSA) is 78.9 Å². The largest absolute Gasteiger partial charge is 0.465 e. The van der Waals surface area contributed by atoms with E-state index < -0.39 is 47.7 Å². The molecule has 0 aromatic heterocycles. The van der Waals surface area contributed by atoms with E-state index in [1.54, 1.807) is 20.8 Å². The number of anilines is 1. The lowest BCUT2D eigenvalue weighted by Gasteiger charge is -2.41. The molecule has 0 saturated heterocycles. The van der Waals surface area contributed by atoms with Crippen LogP contribution in [-0.4, -0.2) is 38.5 Å². The smallest absolute Gasteiger partial charge is 0.413 e. The Morgan fingerprint density at radius 1 is 1.41 bits per heavy atom. The third-order valence-corrected chi connectivity index (χ3v) is 6.07. The van der Waals surface area contributed by atoms with E-state index in [-0.39, 0.29) is 22.2 Å². The first-order valence-corrected chi connectivity index (χ1v) is 9.53. The van der Waals surface area contributed by atoms with Gasteiger partial charge in [0.2, 0.25) is 0 Å². The molecule has 0 bridgehead atoms. The van der Waals surface area contributed by atoms with Crippen molar-refractivity contribution in [2.45, 2.75) is 50.6 Å². The number of thioether (sulfide) groups is 1. The molecule has 3 rings (SSSR count). The quantitative estimate of drug-likeness (QED) is 0.678. The van der Waals surface area contributed by atoms with Gasteiger partial charge in [0.05, 0.1) is 0 Å². The average Bonchev–Trinajstić information content (AvgIpc) is 2.78. The fraction of sp³-hybridized carbons (Fsp3) is 0.556. The molecule has 2 aliphatic rings. The van der Waals surface area contributed by atoms with Gasteiger partial charge >= 0.3 is 6.09 Å².